The average molecular weight is 244 g/mol. The fourth-order valence-electron chi connectivity index (χ4n) is 3.53. The minimum absolute atomic E-state index is 0.0217. The summed E-state index contributed by atoms with van der Waals surface area (Å²) in [6.07, 6.45) is 5.49. The number of fused-ring (bicyclic) bond motifs is 2. The highest BCUT2D eigenvalue weighted by Gasteiger charge is 2.39. The molecule has 2 saturated carbocycles. The highest BCUT2D eigenvalue weighted by Crippen LogP contribution is 2.45. The molecule has 2 N–H and O–H groups in total. The number of hydrogen-bond acceptors (Lipinski definition) is 2. The summed E-state index contributed by atoms with van der Waals surface area (Å²) in [6, 6.07) is 8.41. The second-order valence-electron chi connectivity index (χ2n) is 5.59. The Bertz CT molecular complexity index is 458. The molecule has 1 aromatic rings. The number of carbonyl (C=O) groups is 1. The van der Waals surface area contributed by atoms with Crippen LogP contribution in [0.2, 0.25) is 0 Å². The van der Waals surface area contributed by atoms with Gasteiger partial charge in [-0.25, -0.2) is 0 Å². The topological polar surface area (TPSA) is 41.1 Å². The van der Waals surface area contributed by atoms with E-state index in [1.807, 2.05) is 18.2 Å². The van der Waals surface area contributed by atoms with Crippen molar-refractivity contribution in [2.45, 2.75) is 31.7 Å². The number of nitrogens with one attached hydrogen (secondary N) is 2. The summed E-state index contributed by atoms with van der Waals surface area (Å²) in [5.74, 6) is 1.76. The molecule has 1 amide bonds. The van der Waals surface area contributed by atoms with Crippen molar-refractivity contribution in [1.29, 1.82) is 0 Å². The third-order valence-electron chi connectivity index (χ3n) is 4.44. The molecular weight excluding hydrogens is 224 g/mol. The molecule has 2 aliphatic rings. The molecule has 3 rings (SSSR count). The lowest BCUT2D eigenvalue weighted by Crippen LogP contribution is -2.26. The third kappa shape index (κ3) is 2.09. The van der Waals surface area contributed by atoms with Crippen LogP contribution in [-0.2, 0) is 0 Å². The van der Waals surface area contributed by atoms with Crippen molar-refractivity contribution in [3.63, 3.8) is 0 Å². The van der Waals surface area contributed by atoms with Crippen LogP contribution in [0.15, 0.2) is 24.3 Å². The van der Waals surface area contributed by atoms with E-state index in [1.165, 1.54) is 25.7 Å². The van der Waals surface area contributed by atoms with Gasteiger partial charge in [-0.2, -0.15) is 0 Å². The fraction of sp³-hybridized carbons (Fsp3) is 0.533. The number of carbonyl (C=O) groups excluding carboxylic acids is 1. The van der Waals surface area contributed by atoms with Gasteiger partial charge in [0.05, 0.1) is 0 Å². The van der Waals surface area contributed by atoms with Crippen molar-refractivity contribution in [3.05, 3.63) is 29.8 Å². The van der Waals surface area contributed by atoms with Gasteiger partial charge in [0.1, 0.15) is 0 Å². The van der Waals surface area contributed by atoms with Crippen LogP contribution in [0, 0.1) is 11.8 Å². The van der Waals surface area contributed by atoms with Crippen LogP contribution in [0.25, 0.3) is 0 Å². The van der Waals surface area contributed by atoms with Gasteiger partial charge >= 0.3 is 0 Å². The summed E-state index contributed by atoms with van der Waals surface area (Å²) in [6.45, 7) is 0. The average Bonchev–Trinajstić information content (AvgIpc) is 3.00. The van der Waals surface area contributed by atoms with Gasteiger partial charge in [0.2, 0.25) is 0 Å². The predicted octanol–water partition coefficient (Wildman–Crippen LogP) is 2.65. The van der Waals surface area contributed by atoms with Gasteiger partial charge in [-0.3, -0.25) is 4.79 Å². The zero-order chi connectivity index (χ0) is 12.5. The molecule has 0 radical (unpaired) electrons. The summed E-state index contributed by atoms with van der Waals surface area (Å²) in [4.78, 5) is 11.6. The Balaban J connectivity index is 1.71. The largest absolute Gasteiger partial charge is 0.382 e. The molecule has 0 aliphatic heterocycles. The van der Waals surface area contributed by atoms with Crippen LogP contribution in [0.1, 0.15) is 36.0 Å². The van der Waals surface area contributed by atoms with Crippen LogP contribution in [0.4, 0.5) is 5.69 Å². The first-order chi connectivity index (χ1) is 8.76. The summed E-state index contributed by atoms with van der Waals surface area (Å²) >= 11 is 0. The number of amides is 1. The standard InChI is InChI=1S/C15H20N2O/c1-16-15(18)12-3-2-4-13(9-12)17-14-8-10-5-6-11(14)7-10/h2-4,9-11,14,17H,5-8H2,1H3,(H,16,18). The van der Waals surface area contributed by atoms with E-state index in [1.54, 1.807) is 7.05 Å². The Hall–Kier alpha value is -1.51. The van der Waals surface area contributed by atoms with Gasteiger partial charge in [-0.1, -0.05) is 12.5 Å². The van der Waals surface area contributed by atoms with Gasteiger partial charge in [0, 0.05) is 24.3 Å². The van der Waals surface area contributed by atoms with E-state index >= 15 is 0 Å². The van der Waals surface area contributed by atoms with E-state index in [0.29, 0.717) is 6.04 Å². The lowest BCUT2D eigenvalue weighted by atomic mass is 9.95. The molecule has 0 aromatic heterocycles. The second kappa shape index (κ2) is 4.63. The summed E-state index contributed by atoms with van der Waals surface area (Å²) in [5, 5.41) is 6.27. The SMILES string of the molecule is CNC(=O)c1cccc(NC2CC3CCC2C3)c1. The number of rotatable bonds is 3. The first-order valence-corrected chi connectivity index (χ1v) is 6.85. The molecule has 0 spiro atoms. The van der Waals surface area contributed by atoms with Crippen molar-refractivity contribution in [3.8, 4) is 0 Å². The van der Waals surface area contributed by atoms with E-state index in [0.717, 1.165) is 23.1 Å². The first kappa shape index (κ1) is 11.6. The highest BCUT2D eigenvalue weighted by atomic mass is 16.1. The Labute approximate surface area is 108 Å². The molecule has 3 atom stereocenters. The molecule has 3 unspecified atom stereocenters. The van der Waals surface area contributed by atoms with Crippen molar-refractivity contribution < 1.29 is 4.79 Å². The van der Waals surface area contributed by atoms with E-state index in [4.69, 9.17) is 0 Å². The van der Waals surface area contributed by atoms with Crippen molar-refractivity contribution in [1.82, 2.24) is 5.32 Å². The maximum Gasteiger partial charge on any atom is 0.251 e. The zero-order valence-corrected chi connectivity index (χ0v) is 10.8. The Morgan fingerprint density at radius 1 is 1.28 bits per heavy atom. The monoisotopic (exact) mass is 244 g/mol. The number of hydrogen-bond donors (Lipinski definition) is 2. The molecule has 0 heterocycles. The Kier molecular flexibility index (Phi) is 2.98. The summed E-state index contributed by atoms with van der Waals surface area (Å²) in [7, 11) is 1.67. The molecule has 2 bridgehead atoms. The second-order valence-corrected chi connectivity index (χ2v) is 5.59. The van der Waals surface area contributed by atoms with Crippen molar-refractivity contribution in [2.75, 3.05) is 12.4 Å². The summed E-state index contributed by atoms with van der Waals surface area (Å²) in [5.41, 5.74) is 1.80. The Morgan fingerprint density at radius 2 is 2.17 bits per heavy atom. The normalized spacial score (nSPS) is 29.3. The lowest BCUT2D eigenvalue weighted by molar-refractivity contribution is 0.0963. The smallest absolute Gasteiger partial charge is 0.251 e. The van der Waals surface area contributed by atoms with Crippen LogP contribution in [-0.4, -0.2) is 19.0 Å². The van der Waals surface area contributed by atoms with Crippen LogP contribution in [0.3, 0.4) is 0 Å². The first-order valence-electron chi connectivity index (χ1n) is 6.85. The molecule has 3 nitrogen and oxygen atoms in total. The van der Waals surface area contributed by atoms with E-state index in [9.17, 15) is 4.79 Å². The quantitative estimate of drug-likeness (QED) is 0.858. The molecule has 96 valence electrons. The zero-order valence-electron chi connectivity index (χ0n) is 10.8. The van der Waals surface area contributed by atoms with E-state index in [2.05, 4.69) is 16.7 Å². The van der Waals surface area contributed by atoms with Crippen molar-refractivity contribution >= 4 is 11.6 Å². The molecule has 18 heavy (non-hydrogen) atoms. The van der Waals surface area contributed by atoms with Crippen LogP contribution >= 0.6 is 0 Å². The molecule has 2 aliphatic carbocycles. The molecular formula is C15H20N2O. The van der Waals surface area contributed by atoms with Gasteiger partial charge < -0.3 is 10.6 Å². The van der Waals surface area contributed by atoms with Gasteiger partial charge in [-0.15, -0.1) is 0 Å². The fourth-order valence-corrected chi connectivity index (χ4v) is 3.53. The minimum Gasteiger partial charge on any atom is -0.382 e. The minimum atomic E-state index is -0.0217. The highest BCUT2D eigenvalue weighted by molar-refractivity contribution is 5.94. The third-order valence-corrected chi connectivity index (χ3v) is 4.44. The number of benzene rings is 1. The number of anilines is 1. The van der Waals surface area contributed by atoms with Gasteiger partial charge in [0.15, 0.2) is 0 Å². The lowest BCUT2D eigenvalue weighted by Gasteiger charge is -2.24. The van der Waals surface area contributed by atoms with E-state index in [-0.39, 0.29) is 5.91 Å². The Morgan fingerprint density at radius 3 is 2.83 bits per heavy atom. The molecule has 0 saturated heterocycles. The van der Waals surface area contributed by atoms with Crippen LogP contribution < -0.4 is 10.6 Å². The summed E-state index contributed by atoms with van der Waals surface area (Å²) < 4.78 is 0. The van der Waals surface area contributed by atoms with Crippen LogP contribution in [0.5, 0.6) is 0 Å². The molecule has 3 heteroatoms. The van der Waals surface area contributed by atoms with E-state index < -0.39 is 0 Å². The maximum atomic E-state index is 11.6. The maximum absolute atomic E-state index is 11.6. The van der Waals surface area contributed by atoms with Gasteiger partial charge in [-0.05, 0) is 49.3 Å². The van der Waals surface area contributed by atoms with Crippen molar-refractivity contribution in [2.24, 2.45) is 11.8 Å². The predicted molar refractivity (Wildman–Crippen MR) is 72.7 cm³/mol. The molecule has 2 fully saturated rings. The van der Waals surface area contributed by atoms with Gasteiger partial charge in [0.25, 0.3) is 5.91 Å². The molecule has 1 aromatic carbocycles.